The number of thiophene rings is 1. The Morgan fingerprint density at radius 1 is 1.53 bits per heavy atom. The van der Waals surface area contributed by atoms with Crippen LogP contribution in [0, 0.1) is 0 Å². The van der Waals surface area contributed by atoms with Crippen LogP contribution in [0.2, 0.25) is 0 Å². The van der Waals surface area contributed by atoms with E-state index in [-0.39, 0.29) is 4.21 Å². The molecule has 0 aromatic carbocycles. The molecule has 1 aromatic heterocycles. The van der Waals surface area contributed by atoms with Crippen LogP contribution < -0.4 is 5.14 Å². The zero-order valence-corrected chi connectivity index (χ0v) is 9.47. The molecule has 2 N–H and O–H groups in total. The van der Waals surface area contributed by atoms with E-state index in [0.717, 1.165) is 11.3 Å². The van der Waals surface area contributed by atoms with Gasteiger partial charge in [0, 0.05) is 11.0 Å². The Kier molecular flexibility index (Phi) is 3.61. The number of methoxy groups -OCH3 is 1. The van der Waals surface area contributed by atoms with Gasteiger partial charge in [-0.15, -0.1) is 11.3 Å². The monoisotopic (exact) mass is 247 g/mol. The Morgan fingerprint density at radius 3 is 2.67 bits per heavy atom. The molecular formula is C8H9NO4S2. The second-order valence-electron chi connectivity index (χ2n) is 2.56. The van der Waals surface area contributed by atoms with Crippen molar-refractivity contribution in [3.8, 4) is 0 Å². The van der Waals surface area contributed by atoms with Gasteiger partial charge in [-0.3, -0.25) is 0 Å². The first kappa shape index (κ1) is 11.9. The maximum Gasteiger partial charge on any atom is 0.330 e. The summed E-state index contributed by atoms with van der Waals surface area (Å²) in [4.78, 5) is 11.4. The van der Waals surface area contributed by atoms with Crippen LogP contribution in [-0.4, -0.2) is 21.5 Å². The van der Waals surface area contributed by atoms with Crippen molar-refractivity contribution in [2.24, 2.45) is 5.14 Å². The fourth-order valence-electron chi connectivity index (χ4n) is 0.795. The molecule has 0 radical (unpaired) electrons. The molecule has 0 fully saturated rings. The van der Waals surface area contributed by atoms with E-state index in [1.54, 1.807) is 6.07 Å². The third-order valence-electron chi connectivity index (χ3n) is 1.47. The highest BCUT2D eigenvalue weighted by Gasteiger charge is 2.09. The van der Waals surface area contributed by atoms with Crippen LogP contribution in [0.25, 0.3) is 6.08 Å². The van der Waals surface area contributed by atoms with Crippen molar-refractivity contribution in [3.63, 3.8) is 0 Å². The number of nitrogens with two attached hydrogens (primary N) is 1. The van der Waals surface area contributed by atoms with E-state index in [4.69, 9.17) is 5.14 Å². The average molecular weight is 247 g/mol. The first-order chi connectivity index (χ1) is 6.93. The maximum absolute atomic E-state index is 10.9. The van der Waals surface area contributed by atoms with Crippen molar-refractivity contribution in [2.75, 3.05) is 7.11 Å². The van der Waals surface area contributed by atoms with Gasteiger partial charge >= 0.3 is 5.97 Å². The molecule has 5 nitrogen and oxygen atoms in total. The zero-order valence-electron chi connectivity index (χ0n) is 7.84. The van der Waals surface area contributed by atoms with Gasteiger partial charge in [0.1, 0.15) is 4.21 Å². The van der Waals surface area contributed by atoms with Gasteiger partial charge in [-0.1, -0.05) is 0 Å². The second kappa shape index (κ2) is 4.56. The van der Waals surface area contributed by atoms with E-state index in [1.807, 2.05) is 0 Å². The number of sulfonamides is 1. The van der Waals surface area contributed by atoms with Crippen molar-refractivity contribution < 1.29 is 17.9 Å². The summed E-state index contributed by atoms with van der Waals surface area (Å²) in [5.74, 6) is -0.499. The number of hydrogen-bond donors (Lipinski definition) is 1. The summed E-state index contributed by atoms with van der Waals surface area (Å²) >= 11 is 0.985. The summed E-state index contributed by atoms with van der Waals surface area (Å²) in [5, 5.41) is 4.92. The van der Waals surface area contributed by atoms with Gasteiger partial charge < -0.3 is 4.74 Å². The van der Waals surface area contributed by atoms with Crippen molar-refractivity contribution in [2.45, 2.75) is 4.21 Å². The number of carbonyl (C=O) groups is 1. The van der Waals surface area contributed by atoms with Gasteiger partial charge in [0.05, 0.1) is 7.11 Å². The smallest absolute Gasteiger partial charge is 0.330 e. The molecule has 0 saturated heterocycles. The van der Waals surface area contributed by atoms with Crippen LogP contribution in [0.3, 0.4) is 0 Å². The van der Waals surface area contributed by atoms with E-state index >= 15 is 0 Å². The zero-order chi connectivity index (χ0) is 11.5. The summed E-state index contributed by atoms with van der Waals surface area (Å²) in [6.07, 6.45) is 2.67. The predicted molar refractivity (Wildman–Crippen MR) is 56.7 cm³/mol. The van der Waals surface area contributed by atoms with Gasteiger partial charge in [0.15, 0.2) is 0 Å². The van der Waals surface area contributed by atoms with E-state index in [2.05, 4.69) is 4.74 Å². The van der Waals surface area contributed by atoms with E-state index in [0.29, 0.717) is 4.88 Å². The topological polar surface area (TPSA) is 86.5 Å². The van der Waals surface area contributed by atoms with Crippen LogP contribution in [0.5, 0.6) is 0 Å². The van der Waals surface area contributed by atoms with Crippen LogP contribution in [0.4, 0.5) is 0 Å². The lowest BCUT2D eigenvalue weighted by atomic mass is 10.4. The van der Waals surface area contributed by atoms with Crippen molar-refractivity contribution >= 4 is 33.4 Å². The molecular weight excluding hydrogens is 238 g/mol. The van der Waals surface area contributed by atoms with Gasteiger partial charge in [0.2, 0.25) is 10.0 Å². The summed E-state index contributed by atoms with van der Waals surface area (Å²) in [6.45, 7) is 0. The standard InChI is InChI=1S/C8H9NO4S2/c1-13-7(10)4-2-6-3-5-8(14-6)15(9,11)12/h2-5H,1H3,(H2,9,11,12). The van der Waals surface area contributed by atoms with Gasteiger partial charge in [-0.25, -0.2) is 18.4 Å². The highest BCUT2D eigenvalue weighted by Crippen LogP contribution is 2.21. The van der Waals surface area contributed by atoms with Crippen molar-refractivity contribution in [1.29, 1.82) is 0 Å². The summed E-state index contributed by atoms with van der Waals surface area (Å²) in [6, 6.07) is 2.95. The molecule has 7 heteroatoms. The summed E-state index contributed by atoms with van der Waals surface area (Å²) in [7, 11) is -2.40. The molecule has 0 amide bonds. The van der Waals surface area contributed by atoms with Crippen LogP contribution in [-0.2, 0) is 19.6 Å². The molecule has 0 saturated carbocycles. The van der Waals surface area contributed by atoms with Crippen LogP contribution in [0.15, 0.2) is 22.4 Å². The minimum atomic E-state index is -3.66. The third-order valence-corrected chi connectivity index (χ3v) is 3.96. The molecule has 0 unspecified atom stereocenters. The number of primary sulfonamides is 1. The predicted octanol–water partition coefficient (Wildman–Crippen LogP) is 0.582. The number of carbonyl (C=O) groups excluding carboxylic acids is 1. The van der Waals surface area contributed by atoms with Crippen LogP contribution in [0.1, 0.15) is 4.88 Å². The molecule has 1 rings (SSSR count). The Hall–Kier alpha value is -1.18. The second-order valence-corrected chi connectivity index (χ2v) is 5.46. The SMILES string of the molecule is COC(=O)C=Cc1ccc(S(N)(=O)=O)s1. The number of hydrogen-bond acceptors (Lipinski definition) is 5. The van der Waals surface area contributed by atoms with E-state index < -0.39 is 16.0 Å². The Labute approximate surface area is 91.2 Å². The maximum atomic E-state index is 10.9. The van der Waals surface area contributed by atoms with Crippen molar-refractivity contribution in [1.82, 2.24) is 0 Å². The van der Waals surface area contributed by atoms with Gasteiger partial charge in [-0.2, -0.15) is 0 Å². The Bertz CT molecular complexity index is 486. The summed E-state index contributed by atoms with van der Waals surface area (Å²) in [5.41, 5.74) is 0. The summed E-state index contributed by atoms with van der Waals surface area (Å²) < 4.78 is 26.3. The normalized spacial score (nSPS) is 11.9. The molecule has 0 aliphatic rings. The minimum absolute atomic E-state index is 0.0621. The van der Waals surface area contributed by atoms with Crippen molar-refractivity contribution in [3.05, 3.63) is 23.1 Å². The molecule has 0 spiro atoms. The first-order valence-electron chi connectivity index (χ1n) is 3.82. The Morgan fingerprint density at radius 2 is 2.20 bits per heavy atom. The highest BCUT2D eigenvalue weighted by molar-refractivity contribution is 7.91. The van der Waals surface area contributed by atoms with E-state index in [1.165, 1.54) is 25.3 Å². The minimum Gasteiger partial charge on any atom is -0.466 e. The van der Waals surface area contributed by atoms with Gasteiger partial charge in [0.25, 0.3) is 0 Å². The molecule has 82 valence electrons. The molecule has 0 aliphatic heterocycles. The molecule has 15 heavy (non-hydrogen) atoms. The average Bonchev–Trinajstić information content (AvgIpc) is 2.61. The molecule has 0 atom stereocenters. The lowest BCUT2D eigenvalue weighted by Crippen LogP contribution is -2.09. The van der Waals surface area contributed by atoms with Crippen LogP contribution >= 0.6 is 11.3 Å². The molecule has 0 bridgehead atoms. The van der Waals surface area contributed by atoms with Gasteiger partial charge in [-0.05, 0) is 18.2 Å². The number of rotatable bonds is 3. The fourth-order valence-corrected chi connectivity index (χ4v) is 2.45. The molecule has 1 aromatic rings. The fraction of sp³-hybridized carbons (Fsp3) is 0.125. The van der Waals surface area contributed by atoms with E-state index in [9.17, 15) is 13.2 Å². The largest absolute Gasteiger partial charge is 0.466 e. The quantitative estimate of drug-likeness (QED) is 0.625. The highest BCUT2D eigenvalue weighted by atomic mass is 32.2. The molecule has 1 heterocycles. The first-order valence-corrected chi connectivity index (χ1v) is 6.18. The Balaban J connectivity index is 2.87. The number of esters is 1. The lowest BCUT2D eigenvalue weighted by molar-refractivity contribution is -0.134. The third kappa shape index (κ3) is 3.46. The lowest BCUT2D eigenvalue weighted by Gasteiger charge is -1.89. The number of ether oxygens (including phenoxy) is 1. The molecule has 0 aliphatic carbocycles.